The van der Waals surface area contributed by atoms with E-state index in [2.05, 4.69) is 16.0 Å². The zero-order valence-electron chi connectivity index (χ0n) is 14.0. The Balaban J connectivity index is 2.17. The van der Waals surface area contributed by atoms with Crippen LogP contribution in [0.3, 0.4) is 0 Å². The molecule has 1 aliphatic rings. The highest BCUT2D eigenvalue weighted by molar-refractivity contribution is 7.17. The number of anilines is 1. The summed E-state index contributed by atoms with van der Waals surface area (Å²) in [5, 5.41) is 8.37. The Morgan fingerprint density at radius 1 is 1.36 bits per heavy atom. The predicted octanol–water partition coefficient (Wildman–Crippen LogP) is 2.06. The van der Waals surface area contributed by atoms with E-state index in [1.165, 1.54) is 25.3 Å². The van der Waals surface area contributed by atoms with Gasteiger partial charge in [0.05, 0.1) is 16.6 Å². The van der Waals surface area contributed by atoms with Gasteiger partial charge < -0.3 is 20.7 Å². The van der Waals surface area contributed by atoms with E-state index in [9.17, 15) is 19.2 Å². The molecule has 0 spiro atoms. The molecule has 0 radical (unpaired) electrons. The van der Waals surface area contributed by atoms with E-state index in [-0.39, 0.29) is 30.2 Å². The minimum atomic E-state index is -0.810. The Kier molecular flexibility index (Phi) is 6.55. The van der Waals surface area contributed by atoms with Gasteiger partial charge in [0, 0.05) is 25.3 Å². The number of carbonyl (C=O) groups is 4. The molecule has 1 atom stereocenters. The number of rotatable bonds is 8. The summed E-state index contributed by atoms with van der Waals surface area (Å²) in [6.45, 7) is 1.35. The molecule has 0 saturated heterocycles. The second-order valence-corrected chi connectivity index (χ2v) is 7.30. The number of aldehydes is 1. The van der Waals surface area contributed by atoms with Crippen molar-refractivity contribution in [2.24, 2.45) is 0 Å². The van der Waals surface area contributed by atoms with Gasteiger partial charge in [0.2, 0.25) is 11.8 Å². The number of carbonyl (C=O) groups excluding carboxylic acids is 4. The summed E-state index contributed by atoms with van der Waals surface area (Å²) in [5.74, 6) is -0.738. The van der Waals surface area contributed by atoms with Crippen molar-refractivity contribution in [2.45, 2.75) is 44.6 Å². The minimum absolute atomic E-state index is 0.115. The zero-order chi connectivity index (χ0) is 18.6. The Labute approximate surface area is 154 Å². The summed E-state index contributed by atoms with van der Waals surface area (Å²) in [5.41, 5.74) is 0.176. The summed E-state index contributed by atoms with van der Waals surface area (Å²) in [6, 6.07) is -0.810. The van der Waals surface area contributed by atoms with Gasteiger partial charge in [0.15, 0.2) is 0 Å². The highest BCUT2D eigenvalue weighted by Crippen LogP contribution is 2.50. The first kappa shape index (κ1) is 19.4. The van der Waals surface area contributed by atoms with Crippen molar-refractivity contribution in [1.29, 1.82) is 0 Å². The number of hydrogen-bond donors (Lipinski definition) is 3. The summed E-state index contributed by atoms with van der Waals surface area (Å²) in [4.78, 5) is 47.4. The molecule has 0 aliphatic heterocycles. The second-order valence-electron chi connectivity index (χ2n) is 5.87. The first-order chi connectivity index (χ1) is 11.9. The van der Waals surface area contributed by atoms with E-state index in [0.717, 1.165) is 17.7 Å². The van der Waals surface area contributed by atoms with Crippen LogP contribution in [0.2, 0.25) is 5.02 Å². The molecule has 1 heterocycles. The smallest absolute Gasteiger partial charge is 0.256 e. The number of nitrogens with one attached hydrogen (secondary N) is 3. The number of thiophene rings is 1. The average molecular weight is 386 g/mol. The molecule has 3 amide bonds. The van der Waals surface area contributed by atoms with Crippen LogP contribution in [0.4, 0.5) is 5.00 Å². The molecule has 1 unspecified atom stereocenters. The molecule has 136 valence electrons. The van der Waals surface area contributed by atoms with E-state index in [1.54, 1.807) is 0 Å². The normalized spacial score (nSPS) is 14.5. The summed E-state index contributed by atoms with van der Waals surface area (Å²) in [7, 11) is 1.50. The van der Waals surface area contributed by atoms with Crippen molar-refractivity contribution in [1.82, 2.24) is 10.6 Å². The summed E-state index contributed by atoms with van der Waals surface area (Å²) >= 11 is 7.66. The fourth-order valence-electron chi connectivity index (χ4n) is 2.31. The predicted molar refractivity (Wildman–Crippen MR) is 96.2 cm³/mol. The quantitative estimate of drug-likeness (QED) is 0.595. The van der Waals surface area contributed by atoms with Gasteiger partial charge in [-0.3, -0.25) is 14.4 Å². The molecule has 1 fully saturated rings. The van der Waals surface area contributed by atoms with Crippen LogP contribution >= 0.6 is 22.9 Å². The van der Waals surface area contributed by atoms with Gasteiger partial charge in [-0.15, -0.1) is 11.3 Å². The van der Waals surface area contributed by atoms with E-state index >= 15 is 0 Å². The fraction of sp³-hybridized carbons (Fsp3) is 0.500. The Morgan fingerprint density at radius 3 is 2.56 bits per heavy atom. The molecular weight excluding hydrogens is 366 g/mol. The van der Waals surface area contributed by atoms with E-state index in [1.807, 2.05) is 0 Å². The van der Waals surface area contributed by atoms with Crippen molar-refractivity contribution in [3.63, 3.8) is 0 Å². The van der Waals surface area contributed by atoms with Crippen LogP contribution in [0.15, 0.2) is 0 Å². The van der Waals surface area contributed by atoms with Crippen LogP contribution in [-0.4, -0.2) is 37.1 Å². The third kappa shape index (κ3) is 5.02. The van der Waals surface area contributed by atoms with E-state index in [0.29, 0.717) is 22.2 Å². The Bertz CT molecular complexity index is 700. The molecule has 0 bridgehead atoms. The topological polar surface area (TPSA) is 104 Å². The van der Waals surface area contributed by atoms with E-state index in [4.69, 9.17) is 11.6 Å². The second kappa shape index (κ2) is 8.44. The van der Waals surface area contributed by atoms with Crippen molar-refractivity contribution < 1.29 is 19.2 Å². The largest absolute Gasteiger partial charge is 0.359 e. The van der Waals surface area contributed by atoms with Gasteiger partial charge in [-0.2, -0.15) is 0 Å². The standard InChI is InChI=1S/C16H20ClN3O4S/c1-8(22)19-16-12(13(17)14(25-16)9-3-4-9)15(24)20-10(7-21)5-6-11(23)18-2/h7,9-10H,3-6H2,1-2H3,(H,18,23)(H,19,22)(H,20,24). The number of hydrogen-bond acceptors (Lipinski definition) is 5. The van der Waals surface area contributed by atoms with Crippen LogP contribution in [0, 0.1) is 0 Å². The molecule has 25 heavy (non-hydrogen) atoms. The molecule has 1 aromatic heterocycles. The van der Waals surface area contributed by atoms with E-state index < -0.39 is 11.9 Å². The van der Waals surface area contributed by atoms with Crippen LogP contribution in [0.25, 0.3) is 0 Å². The molecule has 3 N–H and O–H groups in total. The zero-order valence-corrected chi connectivity index (χ0v) is 15.6. The molecule has 1 aliphatic carbocycles. The lowest BCUT2D eigenvalue weighted by molar-refractivity contribution is -0.121. The van der Waals surface area contributed by atoms with Crippen LogP contribution in [0.1, 0.15) is 53.8 Å². The van der Waals surface area contributed by atoms with Crippen molar-refractivity contribution >= 4 is 51.9 Å². The van der Waals surface area contributed by atoms with Crippen LogP contribution in [-0.2, 0) is 14.4 Å². The summed E-state index contributed by atoms with van der Waals surface area (Å²) in [6.07, 6.45) is 2.89. The Hall–Kier alpha value is -1.93. The Morgan fingerprint density at radius 2 is 2.04 bits per heavy atom. The third-order valence-electron chi connectivity index (χ3n) is 3.78. The average Bonchev–Trinajstić information content (AvgIpc) is 3.35. The van der Waals surface area contributed by atoms with Gasteiger partial charge >= 0.3 is 0 Å². The lowest BCUT2D eigenvalue weighted by Gasteiger charge is -2.13. The molecule has 1 saturated carbocycles. The molecule has 7 nitrogen and oxygen atoms in total. The molecule has 1 aromatic rings. The molecule has 2 rings (SSSR count). The lowest BCUT2D eigenvalue weighted by atomic mass is 10.1. The first-order valence-electron chi connectivity index (χ1n) is 7.93. The van der Waals surface area contributed by atoms with Gasteiger partial charge in [-0.05, 0) is 25.2 Å². The first-order valence-corrected chi connectivity index (χ1v) is 9.13. The number of halogens is 1. The highest BCUT2D eigenvalue weighted by atomic mass is 35.5. The van der Waals surface area contributed by atoms with Crippen LogP contribution < -0.4 is 16.0 Å². The van der Waals surface area contributed by atoms with Crippen molar-refractivity contribution in [2.75, 3.05) is 12.4 Å². The lowest BCUT2D eigenvalue weighted by Crippen LogP contribution is -2.37. The molecular formula is C16H20ClN3O4S. The maximum absolute atomic E-state index is 12.6. The van der Waals surface area contributed by atoms with Crippen LogP contribution in [0.5, 0.6) is 0 Å². The van der Waals surface area contributed by atoms with Gasteiger partial charge in [-0.25, -0.2) is 0 Å². The van der Waals surface area contributed by atoms with Gasteiger partial charge in [0.25, 0.3) is 5.91 Å². The highest BCUT2D eigenvalue weighted by Gasteiger charge is 2.33. The maximum atomic E-state index is 12.6. The molecule has 9 heteroatoms. The minimum Gasteiger partial charge on any atom is -0.359 e. The maximum Gasteiger partial charge on any atom is 0.256 e. The third-order valence-corrected chi connectivity index (χ3v) is 5.55. The van der Waals surface area contributed by atoms with Crippen molar-refractivity contribution in [3.05, 3.63) is 15.5 Å². The summed E-state index contributed by atoms with van der Waals surface area (Å²) < 4.78 is 0. The molecule has 0 aromatic carbocycles. The van der Waals surface area contributed by atoms with Crippen molar-refractivity contribution in [3.8, 4) is 0 Å². The number of amides is 3. The SMILES string of the molecule is CNC(=O)CCC(C=O)NC(=O)c1c(NC(C)=O)sc(C2CC2)c1Cl. The fourth-order valence-corrected chi connectivity index (χ4v) is 4.13. The monoisotopic (exact) mass is 385 g/mol. The van der Waals surface area contributed by atoms with Gasteiger partial charge in [-0.1, -0.05) is 11.6 Å². The van der Waals surface area contributed by atoms with Gasteiger partial charge in [0.1, 0.15) is 11.3 Å².